The van der Waals surface area contributed by atoms with Crippen molar-refractivity contribution in [3.8, 4) is 5.69 Å². The molecular weight excluding hydrogens is 354 g/mol. The molecule has 3 aromatic rings. The molecule has 7 nitrogen and oxygen atoms in total. The lowest BCUT2D eigenvalue weighted by Gasteiger charge is -2.15. The van der Waals surface area contributed by atoms with E-state index in [0.29, 0.717) is 11.3 Å². The lowest BCUT2D eigenvalue weighted by Crippen LogP contribution is -2.27. The number of rotatable bonds is 4. The highest BCUT2D eigenvalue weighted by molar-refractivity contribution is 6.03. The number of hydrogen-bond donors (Lipinski definition) is 1. The van der Waals surface area contributed by atoms with Crippen molar-refractivity contribution >= 4 is 17.5 Å². The molecule has 1 saturated heterocycles. The minimum Gasteiger partial charge on any atom is -0.339 e. The Kier molecular flexibility index (Phi) is 4.89. The van der Waals surface area contributed by atoms with E-state index in [1.165, 1.54) is 0 Å². The third-order valence-electron chi connectivity index (χ3n) is 4.81. The number of aromatic nitrogens is 3. The normalized spacial score (nSPS) is 13.5. The Morgan fingerprint density at radius 3 is 2.32 bits per heavy atom. The van der Waals surface area contributed by atoms with Gasteiger partial charge in [-0.2, -0.15) is 0 Å². The van der Waals surface area contributed by atoms with E-state index in [9.17, 15) is 9.59 Å². The van der Waals surface area contributed by atoms with E-state index < -0.39 is 0 Å². The number of carbonyl (C=O) groups is 2. The number of amides is 2. The van der Waals surface area contributed by atoms with Crippen molar-refractivity contribution in [2.75, 3.05) is 18.4 Å². The fourth-order valence-corrected chi connectivity index (χ4v) is 3.19. The number of likely N-dealkylation sites (tertiary alicyclic amines) is 1. The Morgan fingerprint density at radius 1 is 0.964 bits per heavy atom. The Labute approximate surface area is 163 Å². The van der Waals surface area contributed by atoms with Crippen molar-refractivity contribution in [2.45, 2.75) is 19.8 Å². The summed E-state index contributed by atoms with van der Waals surface area (Å²) in [6, 6.07) is 14.7. The van der Waals surface area contributed by atoms with Crippen LogP contribution in [-0.4, -0.2) is 44.8 Å². The van der Waals surface area contributed by atoms with Crippen molar-refractivity contribution in [3.05, 3.63) is 71.5 Å². The Hall–Kier alpha value is -3.48. The van der Waals surface area contributed by atoms with E-state index in [1.807, 2.05) is 36.1 Å². The summed E-state index contributed by atoms with van der Waals surface area (Å²) in [4.78, 5) is 26.7. The van der Waals surface area contributed by atoms with E-state index in [4.69, 9.17) is 0 Å². The zero-order valence-corrected chi connectivity index (χ0v) is 15.6. The molecule has 1 aliphatic heterocycles. The molecule has 0 radical (unpaired) electrons. The zero-order chi connectivity index (χ0) is 19.5. The summed E-state index contributed by atoms with van der Waals surface area (Å²) in [6.07, 6.45) is 3.71. The molecule has 2 amide bonds. The van der Waals surface area contributed by atoms with Crippen molar-refractivity contribution in [1.82, 2.24) is 19.9 Å². The van der Waals surface area contributed by atoms with E-state index in [-0.39, 0.29) is 17.5 Å². The molecule has 0 saturated carbocycles. The molecule has 7 heteroatoms. The van der Waals surface area contributed by atoms with Crippen molar-refractivity contribution < 1.29 is 9.59 Å². The van der Waals surface area contributed by atoms with Gasteiger partial charge in [-0.05, 0) is 56.2 Å². The van der Waals surface area contributed by atoms with Crippen LogP contribution < -0.4 is 5.32 Å². The van der Waals surface area contributed by atoms with E-state index in [0.717, 1.165) is 37.2 Å². The molecule has 1 aliphatic rings. The van der Waals surface area contributed by atoms with Crippen LogP contribution in [0.15, 0.2) is 54.7 Å². The first-order valence-electron chi connectivity index (χ1n) is 9.30. The molecule has 142 valence electrons. The molecule has 0 bridgehead atoms. The molecular formula is C21H21N5O2. The fourth-order valence-electron chi connectivity index (χ4n) is 3.19. The number of carbonyl (C=O) groups excluding carboxylic acids is 2. The average Bonchev–Trinajstić information content (AvgIpc) is 3.41. The van der Waals surface area contributed by atoms with Gasteiger partial charge in [0.25, 0.3) is 11.8 Å². The highest BCUT2D eigenvalue weighted by atomic mass is 16.2. The molecule has 2 heterocycles. The lowest BCUT2D eigenvalue weighted by atomic mass is 10.2. The van der Waals surface area contributed by atoms with Gasteiger partial charge in [0.05, 0.1) is 11.9 Å². The van der Waals surface area contributed by atoms with Crippen molar-refractivity contribution in [2.24, 2.45) is 0 Å². The van der Waals surface area contributed by atoms with E-state index in [1.54, 1.807) is 35.1 Å². The maximum absolute atomic E-state index is 12.4. The van der Waals surface area contributed by atoms with Crippen LogP contribution in [0.3, 0.4) is 0 Å². The summed E-state index contributed by atoms with van der Waals surface area (Å²) in [5, 5.41) is 10.8. The molecule has 2 aromatic carbocycles. The smallest absolute Gasteiger partial charge is 0.277 e. The van der Waals surface area contributed by atoms with Gasteiger partial charge < -0.3 is 10.2 Å². The monoisotopic (exact) mass is 375 g/mol. The summed E-state index contributed by atoms with van der Waals surface area (Å²) in [7, 11) is 0. The summed E-state index contributed by atoms with van der Waals surface area (Å²) in [5.41, 5.74) is 3.44. The van der Waals surface area contributed by atoms with E-state index in [2.05, 4.69) is 15.6 Å². The first kappa shape index (κ1) is 17.9. The van der Waals surface area contributed by atoms with Crippen LogP contribution in [0.2, 0.25) is 0 Å². The Balaban J connectivity index is 1.42. The predicted molar refractivity (Wildman–Crippen MR) is 106 cm³/mol. The maximum Gasteiger partial charge on any atom is 0.277 e. The largest absolute Gasteiger partial charge is 0.339 e. The van der Waals surface area contributed by atoms with Crippen LogP contribution in [0.1, 0.15) is 39.3 Å². The number of aryl methyl sites for hydroxylation is 1. The molecule has 0 unspecified atom stereocenters. The zero-order valence-electron chi connectivity index (χ0n) is 15.6. The standard InChI is InChI=1S/C21H21N5O2/c1-15-4-10-18(11-5-15)26-14-19(23-24-26)20(27)22-17-8-6-16(7-9-17)21(28)25-12-2-3-13-25/h4-11,14H,2-3,12-13H2,1H3,(H,22,27). The minimum absolute atomic E-state index is 0.0383. The van der Waals surface area contributed by atoms with Gasteiger partial charge in [0, 0.05) is 24.3 Å². The molecule has 1 fully saturated rings. The Bertz CT molecular complexity index is 986. The van der Waals surface area contributed by atoms with Gasteiger partial charge in [0.1, 0.15) is 0 Å². The van der Waals surface area contributed by atoms with Gasteiger partial charge in [-0.15, -0.1) is 5.10 Å². The van der Waals surface area contributed by atoms with Crippen molar-refractivity contribution in [3.63, 3.8) is 0 Å². The molecule has 4 rings (SSSR count). The van der Waals surface area contributed by atoms with Crippen LogP contribution in [0.5, 0.6) is 0 Å². The van der Waals surface area contributed by atoms with Gasteiger partial charge in [-0.1, -0.05) is 22.9 Å². The molecule has 0 spiro atoms. The van der Waals surface area contributed by atoms with Gasteiger partial charge in [-0.25, -0.2) is 4.68 Å². The van der Waals surface area contributed by atoms with Crippen LogP contribution >= 0.6 is 0 Å². The lowest BCUT2D eigenvalue weighted by molar-refractivity contribution is 0.0792. The quantitative estimate of drug-likeness (QED) is 0.760. The highest BCUT2D eigenvalue weighted by Gasteiger charge is 2.19. The summed E-state index contributed by atoms with van der Waals surface area (Å²) < 4.78 is 1.56. The molecule has 1 aromatic heterocycles. The first-order valence-corrected chi connectivity index (χ1v) is 9.30. The SMILES string of the molecule is Cc1ccc(-n2cc(C(=O)Nc3ccc(C(=O)N4CCCC4)cc3)nn2)cc1. The van der Waals surface area contributed by atoms with Crippen LogP contribution in [-0.2, 0) is 0 Å². The second-order valence-corrected chi connectivity index (χ2v) is 6.91. The number of nitrogens with zero attached hydrogens (tertiary/aromatic N) is 4. The Morgan fingerprint density at radius 2 is 1.64 bits per heavy atom. The third-order valence-corrected chi connectivity index (χ3v) is 4.81. The van der Waals surface area contributed by atoms with Crippen molar-refractivity contribution in [1.29, 1.82) is 0 Å². The van der Waals surface area contributed by atoms with Gasteiger partial charge in [0.2, 0.25) is 0 Å². The first-order chi connectivity index (χ1) is 13.6. The average molecular weight is 375 g/mol. The van der Waals surface area contributed by atoms with Gasteiger partial charge >= 0.3 is 0 Å². The summed E-state index contributed by atoms with van der Waals surface area (Å²) in [5.74, 6) is -0.312. The predicted octanol–water partition coefficient (Wildman–Crippen LogP) is 3.06. The molecule has 28 heavy (non-hydrogen) atoms. The van der Waals surface area contributed by atoms with Crippen LogP contribution in [0.4, 0.5) is 5.69 Å². The fraction of sp³-hybridized carbons (Fsp3) is 0.238. The molecule has 0 atom stereocenters. The minimum atomic E-state index is -0.350. The van der Waals surface area contributed by atoms with Gasteiger partial charge in [0.15, 0.2) is 5.69 Å². The number of anilines is 1. The van der Waals surface area contributed by atoms with Crippen LogP contribution in [0, 0.1) is 6.92 Å². The molecule has 0 aliphatic carbocycles. The van der Waals surface area contributed by atoms with Gasteiger partial charge in [-0.3, -0.25) is 9.59 Å². The topological polar surface area (TPSA) is 80.1 Å². The third kappa shape index (κ3) is 3.78. The second-order valence-electron chi connectivity index (χ2n) is 6.91. The number of benzene rings is 2. The van der Waals surface area contributed by atoms with E-state index >= 15 is 0 Å². The second kappa shape index (κ2) is 7.64. The molecule has 1 N–H and O–H groups in total. The summed E-state index contributed by atoms with van der Waals surface area (Å²) in [6.45, 7) is 3.63. The number of nitrogens with one attached hydrogen (secondary N) is 1. The number of hydrogen-bond acceptors (Lipinski definition) is 4. The highest BCUT2D eigenvalue weighted by Crippen LogP contribution is 2.16. The van der Waals surface area contributed by atoms with Crippen LogP contribution in [0.25, 0.3) is 5.69 Å². The summed E-state index contributed by atoms with van der Waals surface area (Å²) >= 11 is 0. The maximum atomic E-state index is 12.4.